The lowest BCUT2D eigenvalue weighted by Crippen LogP contribution is -2.42. The summed E-state index contributed by atoms with van der Waals surface area (Å²) < 4.78 is 0. The molecule has 1 aliphatic carbocycles. The maximum atomic E-state index is 5.80. The van der Waals surface area contributed by atoms with E-state index in [0.717, 1.165) is 6.42 Å². The van der Waals surface area contributed by atoms with Crippen LogP contribution in [0.4, 0.5) is 0 Å². The van der Waals surface area contributed by atoms with Crippen LogP contribution in [0, 0.1) is 0 Å². The standard InChI is InChI=1S/C14H18N2S2/c15-16-13(8-10-4-6-17-9-10)11-2-1-3-14-12(11)5-7-18-14/h4-7,9,11,13,16H,1-3,8,15H2. The first-order valence-electron chi connectivity index (χ1n) is 6.42. The van der Waals surface area contributed by atoms with Gasteiger partial charge in [0, 0.05) is 16.8 Å². The topological polar surface area (TPSA) is 38.0 Å². The zero-order chi connectivity index (χ0) is 12.4. The first-order valence-corrected chi connectivity index (χ1v) is 8.24. The Labute approximate surface area is 116 Å². The van der Waals surface area contributed by atoms with Crippen molar-refractivity contribution in [2.24, 2.45) is 5.84 Å². The minimum Gasteiger partial charge on any atom is -0.271 e. The number of nitrogens with one attached hydrogen (secondary N) is 1. The Morgan fingerprint density at radius 1 is 1.39 bits per heavy atom. The molecule has 0 aliphatic heterocycles. The molecule has 3 rings (SSSR count). The van der Waals surface area contributed by atoms with Gasteiger partial charge in [-0.1, -0.05) is 0 Å². The van der Waals surface area contributed by atoms with Crippen molar-refractivity contribution in [3.63, 3.8) is 0 Å². The van der Waals surface area contributed by atoms with E-state index >= 15 is 0 Å². The van der Waals surface area contributed by atoms with Gasteiger partial charge in [0.1, 0.15) is 0 Å². The van der Waals surface area contributed by atoms with Crippen LogP contribution >= 0.6 is 22.7 Å². The summed E-state index contributed by atoms with van der Waals surface area (Å²) in [6.45, 7) is 0. The Balaban J connectivity index is 1.81. The Kier molecular flexibility index (Phi) is 3.80. The Morgan fingerprint density at radius 2 is 2.33 bits per heavy atom. The van der Waals surface area contributed by atoms with Crippen molar-refractivity contribution in [3.8, 4) is 0 Å². The fraction of sp³-hybridized carbons (Fsp3) is 0.429. The van der Waals surface area contributed by atoms with Gasteiger partial charge in [0.05, 0.1) is 0 Å². The lowest BCUT2D eigenvalue weighted by molar-refractivity contribution is 0.397. The fourth-order valence-electron chi connectivity index (χ4n) is 2.92. The van der Waals surface area contributed by atoms with Crippen LogP contribution in [0.5, 0.6) is 0 Å². The third kappa shape index (κ3) is 2.38. The molecule has 0 saturated carbocycles. The molecule has 96 valence electrons. The highest BCUT2D eigenvalue weighted by molar-refractivity contribution is 7.10. The van der Waals surface area contributed by atoms with E-state index in [4.69, 9.17) is 5.84 Å². The van der Waals surface area contributed by atoms with Gasteiger partial charge in [0.15, 0.2) is 0 Å². The molecule has 2 heterocycles. The average molecular weight is 278 g/mol. The number of hydrazine groups is 1. The summed E-state index contributed by atoms with van der Waals surface area (Å²) in [6.07, 6.45) is 4.82. The molecule has 2 atom stereocenters. The largest absolute Gasteiger partial charge is 0.271 e. The smallest absolute Gasteiger partial charge is 0.0320 e. The zero-order valence-electron chi connectivity index (χ0n) is 10.3. The van der Waals surface area contributed by atoms with Crippen molar-refractivity contribution in [3.05, 3.63) is 44.3 Å². The molecule has 0 bridgehead atoms. The number of rotatable bonds is 4. The van der Waals surface area contributed by atoms with Crippen LogP contribution in [0.25, 0.3) is 0 Å². The minimum absolute atomic E-state index is 0.355. The normalized spacial score (nSPS) is 20.6. The second-order valence-electron chi connectivity index (χ2n) is 4.91. The fourth-order valence-corrected chi connectivity index (χ4v) is 4.60. The number of hydrogen-bond donors (Lipinski definition) is 2. The molecule has 0 saturated heterocycles. The molecule has 0 spiro atoms. The van der Waals surface area contributed by atoms with E-state index in [1.165, 1.54) is 30.4 Å². The highest BCUT2D eigenvalue weighted by Gasteiger charge is 2.28. The third-order valence-electron chi connectivity index (χ3n) is 3.83. The summed E-state index contributed by atoms with van der Waals surface area (Å²) in [4.78, 5) is 1.57. The molecule has 0 fully saturated rings. The van der Waals surface area contributed by atoms with Crippen LogP contribution in [0.15, 0.2) is 28.3 Å². The van der Waals surface area contributed by atoms with Gasteiger partial charge in [-0.25, -0.2) is 0 Å². The molecule has 3 N–H and O–H groups in total. The summed E-state index contributed by atoms with van der Waals surface area (Å²) in [5.74, 6) is 6.38. The van der Waals surface area contributed by atoms with E-state index < -0.39 is 0 Å². The highest BCUT2D eigenvalue weighted by atomic mass is 32.1. The summed E-state index contributed by atoms with van der Waals surface area (Å²) >= 11 is 3.66. The first kappa shape index (κ1) is 12.4. The molecule has 18 heavy (non-hydrogen) atoms. The molecule has 1 aliphatic rings. The summed E-state index contributed by atoms with van der Waals surface area (Å²) in [6, 6.07) is 4.85. The van der Waals surface area contributed by atoms with E-state index in [1.54, 1.807) is 16.2 Å². The monoisotopic (exact) mass is 278 g/mol. The first-order chi connectivity index (χ1) is 8.88. The quantitative estimate of drug-likeness (QED) is 0.665. The molecular weight excluding hydrogens is 260 g/mol. The van der Waals surface area contributed by atoms with Crippen LogP contribution in [0.1, 0.15) is 34.8 Å². The molecule has 2 unspecified atom stereocenters. The van der Waals surface area contributed by atoms with Crippen molar-refractivity contribution >= 4 is 22.7 Å². The average Bonchev–Trinajstić information content (AvgIpc) is 3.06. The summed E-state index contributed by atoms with van der Waals surface area (Å²) in [5, 5.41) is 6.59. The number of hydrogen-bond acceptors (Lipinski definition) is 4. The SMILES string of the molecule is NNC(Cc1ccsc1)C1CCCc2sccc21. The highest BCUT2D eigenvalue weighted by Crippen LogP contribution is 2.37. The maximum Gasteiger partial charge on any atom is 0.0320 e. The third-order valence-corrected chi connectivity index (χ3v) is 5.56. The Hall–Kier alpha value is -0.680. The molecule has 0 aromatic carbocycles. The summed E-state index contributed by atoms with van der Waals surface area (Å²) in [7, 11) is 0. The molecule has 2 nitrogen and oxygen atoms in total. The van der Waals surface area contributed by atoms with Crippen LogP contribution in [-0.4, -0.2) is 6.04 Å². The van der Waals surface area contributed by atoms with E-state index in [9.17, 15) is 0 Å². The van der Waals surface area contributed by atoms with Crippen LogP contribution in [0.2, 0.25) is 0 Å². The number of aryl methyl sites for hydroxylation is 1. The second kappa shape index (κ2) is 5.53. The molecule has 0 amide bonds. The number of thiophene rings is 2. The van der Waals surface area contributed by atoms with E-state index in [2.05, 4.69) is 33.7 Å². The van der Waals surface area contributed by atoms with E-state index in [1.807, 2.05) is 11.3 Å². The van der Waals surface area contributed by atoms with Crippen LogP contribution in [0.3, 0.4) is 0 Å². The molecule has 2 aromatic rings. The van der Waals surface area contributed by atoms with Crippen molar-refractivity contribution < 1.29 is 0 Å². The van der Waals surface area contributed by atoms with Crippen molar-refractivity contribution in [2.45, 2.75) is 37.6 Å². The van der Waals surface area contributed by atoms with Crippen molar-refractivity contribution in [1.82, 2.24) is 5.43 Å². The summed E-state index contributed by atoms with van der Waals surface area (Å²) in [5.41, 5.74) is 5.98. The predicted octanol–water partition coefficient (Wildman–Crippen LogP) is 3.30. The van der Waals surface area contributed by atoms with Gasteiger partial charge in [-0.15, -0.1) is 11.3 Å². The number of nitrogens with two attached hydrogens (primary N) is 1. The van der Waals surface area contributed by atoms with Crippen molar-refractivity contribution in [1.29, 1.82) is 0 Å². The Bertz CT molecular complexity index is 490. The number of fused-ring (bicyclic) bond motifs is 1. The lowest BCUT2D eigenvalue weighted by atomic mass is 9.81. The van der Waals surface area contributed by atoms with Gasteiger partial charge in [-0.3, -0.25) is 11.3 Å². The lowest BCUT2D eigenvalue weighted by Gasteiger charge is -2.30. The van der Waals surface area contributed by atoms with Gasteiger partial charge in [0.2, 0.25) is 0 Å². The van der Waals surface area contributed by atoms with E-state index in [0.29, 0.717) is 12.0 Å². The maximum absolute atomic E-state index is 5.80. The van der Waals surface area contributed by atoms with Crippen LogP contribution < -0.4 is 11.3 Å². The Morgan fingerprint density at radius 3 is 3.11 bits per heavy atom. The van der Waals surface area contributed by atoms with E-state index in [-0.39, 0.29) is 0 Å². The second-order valence-corrected chi connectivity index (χ2v) is 6.69. The van der Waals surface area contributed by atoms with Gasteiger partial charge < -0.3 is 0 Å². The van der Waals surface area contributed by atoms with Gasteiger partial charge in [0.25, 0.3) is 0 Å². The minimum atomic E-state index is 0.355. The molecular formula is C14H18N2S2. The zero-order valence-corrected chi connectivity index (χ0v) is 11.9. The van der Waals surface area contributed by atoms with Gasteiger partial charge >= 0.3 is 0 Å². The van der Waals surface area contributed by atoms with Crippen LogP contribution in [-0.2, 0) is 12.8 Å². The molecule has 2 aromatic heterocycles. The molecule has 0 radical (unpaired) electrons. The van der Waals surface area contributed by atoms with Gasteiger partial charge in [-0.2, -0.15) is 11.3 Å². The molecule has 4 heteroatoms. The predicted molar refractivity (Wildman–Crippen MR) is 79.1 cm³/mol. The van der Waals surface area contributed by atoms with Gasteiger partial charge in [-0.05, 0) is 65.1 Å². The van der Waals surface area contributed by atoms with Crippen molar-refractivity contribution in [2.75, 3.05) is 0 Å².